The number of aliphatic hydroxyl groups excluding tert-OH is 3. The molecule has 2 aliphatic carbocycles. The van der Waals surface area contributed by atoms with E-state index in [1.165, 1.54) is 14.7 Å². The molecule has 132 heavy (non-hydrogen) atoms. The van der Waals surface area contributed by atoms with Crippen LogP contribution >= 0.6 is 0 Å². The predicted molar refractivity (Wildman–Crippen MR) is 498 cm³/mol. The van der Waals surface area contributed by atoms with Gasteiger partial charge in [0.25, 0.3) is 0 Å². The van der Waals surface area contributed by atoms with Crippen molar-refractivity contribution in [2.75, 3.05) is 50.0 Å². The number of nitrogens with zero attached hydrogens (tertiary/aromatic N) is 3. The maximum absolute atomic E-state index is 14.1. The SMILES string of the molecule is CCCC(CCC)S(=O)(=O)CC(NC(=O)CCc1ccccc1)C(=O)N(CCC(C)C)C[C@@H](O)[C@@H](N)Cc1cc(F)cc(F)c1.CCCC(CCC)S(=O)(=O)CC(NC(=O)OCc1ccccc1)C(=O)N(CC1CC1)C[C@@H](O)[C@@H](N)Cc1cc(F)cc(F)c1.CCCC(CCC)S(=O)(=O)CC(NC(=O)OCc1ccccc1)C(=O)N(C[C@@H](O)[C@@H](N)Cc1cc(F)cc(F)c1)C1CC1. The molecule has 0 bridgehead atoms. The van der Waals surface area contributed by atoms with Gasteiger partial charge in [-0.3, -0.25) is 19.2 Å². The number of carbonyl (C=O) groups excluding carboxylic acids is 6. The smallest absolute Gasteiger partial charge is 0.408 e. The van der Waals surface area contributed by atoms with E-state index in [1.807, 2.05) is 97.9 Å². The van der Waals surface area contributed by atoms with Crippen LogP contribution < -0.4 is 33.2 Å². The Balaban J connectivity index is 0.000000305. The lowest BCUT2D eigenvalue weighted by Crippen LogP contribution is -2.56. The normalized spacial score (nSPS) is 14.9. The van der Waals surface area contributed by atoms with E-state index in [-0.39, 0.29) is 106 Å². The van der Waals surface area contributed by atoms with Gasteiger partial charge in [-0.2, -0.15) is 0 Å². The van der Waals surface area contributed by atoms with Gasteiger partial charge in [0.15, 0.2) is 29.5 Å². The fraction of sp³-hybridized carbons (Fsp3) is 0.567. The topological polar surface area (TPSA) is 408 Å². The van der Waals surface area contributed by atoms with Crippen molar-refractivity contribution in [2.24, 2.45) is 29.0 Å². The van der Waals surface area contributed by atoms with Crippen molar-refractivity contribution < 1.29 is 105 Å². The largest absolute Gasteiger partial charge is 0.445 e. The minimum atomic E-state index is -3.82. The highest BCUT2D eigenvalue weighted by molar-refractivity contribution is 7.92. The van der Waals surface area contributed by atoms with E-state index >= 15 is 0 Å². The van der Waals surface area contributed by atoms with Crippen LogP contribution in [0, 0.1) is 46.7 Å². The first-order valence-electron chi connectivity index (χ1n) is 46.1. The second-order valence-electron chi connectivity index (χ2n) is 35.2. The molecule has 0 heterocycles. The van der Waals surface area contributed by atoms with Gasteiger partial charge < -0.3 is 72.6 Å². The molecule has 3 unspecified atom stereocenters. The van der Waals surface area contributed by atoms with Crippen LogP contribution in [0.1, 0.15) is 204 Å². The van der Waals surface area contributed by atoms with Crippen molar-refractivity contribution in [3.05, 3.63) is 214 Å². The molecule has 2 saturated carbocycles. The third kappa shape index (κ3) is 40.2. The van der Waals surface area contributed by atoms with Crippen molar-refractivity contribution in [3.63, 3.8) is 0 Å². The fourth-order valence-corrected chi connectivity index (χ4v) is 22.0. The van der Waals surface area contributed by atoms with E-state index in [9.17, 15) is 95.7 Å². The highest BCUT2D eigenvalue weighted by Gasteiger charge is 2.43. The van der Waals surface area contributed by atoms with Gasteiger partial charge in [0.1, 0.15) is 66.2 Å². The molecular formula is C97H139F6N9O17S3. The number of sulfone groups is 3. The summed E-state index contributed by atoms with van der Waals surface area (Å²) < 4.78 is 174. The van der Waals surface area contributed by atoms with E-state index in [0.717, 1.165) is 78.6 Å². The Hall–Kier alpha value is -9.07. The second kappa shape index (κ2) is 56.3. The molecule has 6 amide bonds. The molecule has 0 spiro atoms. The molecule has 734 valence electrons. The van der Waals surface area contributed by atoms with Gasteiger partial charge in [0.05, 0.1) is 51.3 Å². The Morgan fingerprint density at radius 1 is 0.409 bits per heavy atom. The summed E-state index contributed by atoms with van der Waals surface area (Å²) in [6.45, 7) is 14.8. The molecule has 0 aliphatic heterocycles. The lowest BCUT2D eigenvalue weighted by atomic mass is 10.0. The lowest BCUT2D eigenvalue weighted by molar-refractivity contribution is -0.137. The molecule has 12 N–H and O–H groups in total. The number of aryl methyl sites for hydroxylation is 1. The molecule has 2 fully saturated rings. The van der Waals surface area contributed by atoms with Crippen molar-refractivity contribution in [3.8, 4) is 0 Å². The number of hydrogen-bond acceptors (Lipinski definition) is 20. The van der Waals surface area contributed by atoms with Gasteiger partial charge in [0, 0.05) is 81.5 Å². The highest BCUT2D eigenvalue weighted by Crippen LogP contribution is 2.32. The molecule has 0 saturated heterocycles. The molecule has 0 aromatic heterocycles. The molecule has 26 nitrogen and oxygen atoms in total. The minimum absolute atomic E-state index is 0.0498. The average Bonchev–Trinajstić information content (AvgIpc) is 1.65. The number of benzene rings is 6. The molecule has 35 heteroatoms. The summed E-state index contributed by atoms with van der Waals surface area (Å²) in [4.78, 5) is 84.8. The predicted octanol–water partition coefficient (Wildman–Crippen LogP) is 12.5. The number of halogens is 6. The summed E-state index contributed by atoms with van der Waals surface area (Å²) in [5, 5.41) is 38.6. The van der Waals surface area contributed by atoms with Gasteiger partial charge in [-0.05, 0) is 178 Å². The fourth-order valence-electron chi connectivity index (χ4n) is 15.5. The first-order chi connectivity index (χ1) is 62.6. The van der Waals surface area contributed by atoms with Gasteiger partial charge >= 0.3 is 12.2 Å². The van der Waals surface area contributed by atoms with Crippen LogP contribution in [0.2, 0.25) is 0 Å². The molecule has 8 rings (SSSR count). The van der Waals surface area contributed by atoms with Crippen LogP contribution in [-0.2, 0) is 97.1 Å². The van der Waals surface area contributed by atoms with Crippen molar-refractivity contribution in [1.82, 2.24) is 30.7 Å². The van der Waals surface area contributed by atoms with E-state index in [0.29, 0.717) is 108 Å². The first-order valence-corrected chi connectivity index (χ1v) is 51.2. The monoisotopic (exact) mass is 1910 g/mol. The minimum Gasteiger partial charge on any atom is -0.445 e. The number of aliphatic hydroxyl groups is 3. The van der Waals surface area contributed by atoms with Crippen molar-refractivity contribution >= 4 is 65.3 Å². The van der Waals surface area contributed by atoms with Gasteiger partial charge in [-0.15, -0.1) is 0 Å². The van der Waals surface area contributed by atoms with E-state index in [1.54, 1.807) is 48.5 Å². The van der Waals surface area contributed by atoms with Gasteiger partial charge in [0.2, 0.25) is 23.6 Å². The molecule has 6 aromatic carbocycles. The number of rotatable bonds is 55. The second-order valence-corrected chi connectivity index (χ2v) is 42.2. The Bertz CT molecular complexity index is 4830. The van der Waals surface area contributed by atoms with Crippen LogP contribution in [0.25, 0.3) is 0 Å². The van der Waals surface area contributed by atoms with E-state index in [4.69, 9.17) is 26.7 Å². The third-order valence-electron chi connectivity index (χ3n) is 23.0. The van der Waals surface area contributed by atoms with Crippen LogP contribution in [0.4, 0.5) is 35.9 Å². The number of nitrogens with two attached hydrogens (primary N) is 3. The summed E-state index contributed by atoms with van der Waals surface area (Å²) in [6, 6.07) is 28.7. The Morgan fingerprint density at radius 3 is 1.05 bits per heavy atom. The zero-order valence-electron chi connectivity index (χ0n) is 77.3. The highest BCUT2D eigenvalue weighted by atomic mass is 32.2. The number of carbonyl (C=O) groups is 6. The number of alkyl carbamates (subject to hydrolysis) is 2. The molecular weight excluding hydrogens is 1770 g/mol. The number of amides is 6. The zero-order valence-corrected chi connectivity index (χ0v) is 79.7. The van der Waals surface area contributed by atoms with Gasteiger partial charge in [-0.25, -0.2) is 61.2 Å². The summed E-state index contributed by atoms with van der Waals surface area (Å²) in [5.74, 6) is -8.50. The number of nitrogens with one attached hydrogen (secondary N) is 3. The molecule has 6 aromatic rings. The standard InChI is InChI=1S/C34H51F2N3O5S.C32H45F2N3O6S.C31H43F2N3O6S/c1-5-10-29(11-6-2)45(43,44)23-31(38-33(41)15-14-25-12-8-7-9-13-25)34(42)39(17-16-24(3)4)22-32(40)30(37)20-26-18-27(35)21-28(36)19-26;1-3-8-27(9-4-2)44(41,42)21-29(36-32(40)43-20-23-10-6-5-7-11-23)31(39)37(18-22-12-13-22)19-30(38)28(35)16-24-14-25(33)17-26(34)15-24;1-3-8-26(9-4-2)43(40,41)20-28(35-31(39)42-19-21-10-6-5-7-11-21)30(38)36(25-12-13-25)18-29(37)27(34)16-22-14-23(32)17-24(33)15-22/h7-9,12-13,18-19,21,24,29-32,40H,5-6,10-11,14-17,20,22-23,37H2,1-4H3,(H,38,41);5-7,10-11,14-15,17,22,27-30,38H,3-4,8-9,12-13,16,18-21,35H2,1-2H3,(H,36,40);5-7,10-11,14-15,17,25-29,37H,3-4,8-9,12-13,16,18-20,34H2,1-2H3,(H,35,39)/t30-,31?,32+;28-,29?,30+;27-,28?,29+/m000/s1. The number of ether oxygens (including phenoxy) is 2. The molecule has 0 radical (unpaired) electrons. The van der Waals surface area contributed by atoms with Crippen molar-refractivity contribution in [1.29, 1.82) is 0 Å². The lowest BCUT2D eigenvalue weighted by Gasteiger charge is -2.32. The van der Waals surface area contributed by atoms with Gasteiger partial charge in [-0.1, -0.05) is 185 Å². The number of hydrogen-bond donors (Lipinski definition) is 9. The van der Waals surface area contributed by atoms with Crippen LogP contribution in [0.15, 0.2) is 146 Å². The van der Waals surface area contributed by atoms with Crippen molar-refractivity contribution in [2.45, 2.75) is 286 Å². The Morgan fingerprint density at radius 2 is 0.720 bits per heavy atom. The first kappa shape index (κ1) is 112. The summed E-state index contributed by atoms with van der Waals surface area (Å²) in [5.41, 5.74) is 21.7. The summed E-state index contributed by atoms with van der Waals surface area (Å²) in [7, 11) is -11.4. The van der Waals surface area contributed by atoms with E-state index < -0.39 is 188 Å². The zero-order chi connectivity index (χ0) is 97.4. The third-order valence-corrected chi connectivity index (χ3v) is 29.9. The maximum Gasteiger partial charge on any atom is 0.408 e. The Labute approximate surface area is 775 Å². The summed E-state index contributed by atoms with van der Waals surface area (Å²) >= 11 is 0. The molecule has 9 atom stereocenters. The van der Waals surface area contributed by atoms with Crippen LogP contribution in [-0.4, -0.2) is 217 Å². The van der Waals surface area contributed by atoms with E-state index in [2.05, 4.69) is 16.0 Å². The quantitative estimate of drug-likeness (QED) is 0.0160. The maximum atomic E-state index is 14.1. The van der Waals surface area contributed by atoms with Crippen LogP contribution in [0.3, 0.4) is 0 Å². The average molecular weight is 1910 g/mol. The Kier molecular flexibility index (Phi) is 47.6. The molecule has 2 aliphatic rings. The van der Waals surface area contributed by atoms with Crippen LogP contribution in [0.5, 0.6) is 0 Å². The summed E-state index contributed by atoms with van der Waals surface area (Å²) in [6.07, 6.45) is 4.59.